The molecule has 16 nitrogen and oxygen atoms in total. The topological polar surface area (TPSA) is 240 Å². The van der Waals surface area contributed by atoms with Crippen molar-refractivity contribution in [3.63, 3.8) is 0 Å². The maximum absolute atomic E-state index is 12.5. The van der Waals surface area contributed by atoms with Crippen LogP contribution in [0.5, 0.6) is 0 Å². The number of oxazole rings is 2. The van der Waals surface area contributed by atoms with E-state index in [1.807, 2.05) is 47.2 Å². The zero-order valence-electron chi connectivity index (χ0n) is 27.9. The number of nitrogen functional groups attached to an aromatic ring is 2. The van der Waals surface area contributed by atoms with Gasteiger partial charge in [-0.3, -0.25) is 9.59 Å². The molecule has 6 N–H and O–H groups in total. The third kappa shape index (κ3) is 7.91. The Labute approximate surface area is 312 Å². The highest BCUT2D eigenvalue weighted by atomic mass is 32.1. The number of hydrogen-bond acceptors (Lipinski definition) is 17. The number of hydrogen-bond donors (Lipinski definition) is 4. The number of para-hydroxylation sites is 1. The fraction of sp³-hybridized carbons (Fsp3) is 0.118. The average Bonchev–Trinajstić information content (AvgIpc) is 4.00. The Balaban J connectivity index is 0.000000164. The number of aromatic nitrogens is 8. The molecular weight excluding hydrogens is 737 g/mol. The fourth-order valence-corrected chi connectivity index (χ4v) is 7.42. The number of anilines is 2. The average molecular weight is 765 g/mol. The van der Waals surface area contributed by atoms with Crippen molar-refractivity contribution in [2.75, 3.05) is 11.5 Å². The second kappa shape index (κ2) is 15.4. The maximum atomic E-state index is 12.5. The van der Waals surface area contributed by atoms with Crippen LogP contribution >= 0.6 is 34.0 Å². The van der Waals surface area contributed by atoms with Crippen molar-refractivity contribution in [3.05, 3.63) is 106 Å². The highest BCUT2D eigenvalue weighted by molar-refractivity contribution is 7.20. The van der Waals surface area contributed by atoms with E-state index in [0.29, 0.717) is 41.1 Å². The molecule has 7 aromatic heterocycles. The lowest BCUT2D eigenvalue weighted by Crippen LogP contribution is -2.26. The van der Waals surface area contributed by atoms with Crippen molar-refractivity contribution in [1.82, 2.24) is 50.5 Å². The van der Waals surface area contributed by atoms with Gasteiger partial charge in [0, 0.05) is 5.38 Å². The summed E-state index contributed by atoms with van der Waals surface area (Å²) in [6.07, 6.45) is 5.88. The minimum atomic E-state index is -0.410. The van der Waals surface area contributed by atoms with Crippen molar-refractivity contribution in [3.8, 4) is 33.1 Å². The Kier molecular flexibility index (Phi) is 10.2. The van der Waals surface area contributed by atoms with Gasteiger partial charge in [-0.15, -0.1) is 34.0 Å². The summed E-state index contributed by atoms with van der Waals surface area (Å²) in [7, 11) is 0. The minimum absolute atomic E-state index is 0.0175. The molecule has 0 saturated heterocycles. The first-order valence-electron chi connectivity index (χ1n) is 15.7. The van der Waals surface area contributed by atoms with Crippen LogP contribution in [0.15, 0.2) is 80.9 Å². The minimum Gasteiger partial charge on any atom is -0.443 e. The summed E-state index contributed by atoms with van der Waals surface area (Å²) in [6.45, 7) is 4.01. The molecule has 0 bridgehead atoms. The van der Waals surface area contributed by atoms with Gasteiger partial charge < -0.3 is 30.9 Å². The van der Waals surface area contributed by atoms with Crippen LogP contribution in [-0.4, -0.2) is 51.7 Å². The van der Waals surface area contributed by atoms with Crippen molar-refractivity contribution >= 4 is 67.7 Å². The summed E-state index contributed by atoms with van der Waals surface area (Å²) in [5.74, 6) is -0.163. The second-order valence-corrected chi connectivity index (χ2v) is 13.9. The molecule has 0 aliphatic rings. The number of thiazole rings is 2. The van der Waals surface area contributed by atoms with Gasteiger partial charge in [0.1, 0.15) is 33.9 Å². The van der Waals surface area contributed by atoms with E-state index in [2.05, 4.69) is 50.5 Å². The Morgan fingerprint density at radius 3 is 1.92 bits per heavy atom. The van der Waals surface area contributed by atoms with E-state index in [4.69, 9.17) is 20.3 Å². The summed E-state index contributed by atoms with van der Waals surface area (Å²) < 4.78 is 11.5. The number of carbonyl (C=O) groups excluding carboxylic acids is 2. The number of benzene rings is 1. The van der Waals surface area contributed by atoms with Crippen molar-refractivity contribution < 1.29 is 18.4 Å². The van der Waals surface area contributed by atoms with E-state index >= 15 is 0 Å². The van der Waals surface area contributed by atoms with E-state index < -0.39 is 11.8 Å². The summed E-state index contributed by atoms with van der Waals surface area (Å²) >= 11 is 4.69. The van der Waals surface area contributed by atoms with Crippen molar-refractivity contribution in [2.45, 2.75) is 26.9 Å². The summed E-state index contributed by atoms with van der Waals surface area (Å²) in [5.41, 5.74) is 15.5. The Bertz CT molecular complexity index is 2480. The summed E-state index contributed by atoms with van der Waals surface area (Å²) in [5, 5.41) is 11.2. The predicted octanol–water partition coefficient (Wildman–Crippen LogP) is 5.70. The molecule has 0 atom stereocenters. The molecule has 0 saturated carbocycles. The van der Waals surface area contributed by atoms with Crippen molar-refractivity contribution in [2.24, 2.45) is 0 Å². The first-order chi connectivity index (χ1) is 25.7. The molecule has 0 spiro atoms. The van der Waals surface area contributed by atoms with Gasteiger partial charge >= 0.3 is 0 Å². The van der Waals surface area contributed by atoms with E-state index in [1.165, 1.54) is 47.6 Å². The van der Waals surface area contributed by atoms with Crippen LogP contribution in [-0.2, 0) is 13.1 Å². The van der Waals surface area contributed by atoms with Gasteiger partial charge in [0.25, 0.3) is 11.8 Å². The van der Waals surface area contributed by atoms with Crippen molar-refractivity contribution in [1.29, 1.82) is 0 Å². The summed E-state index contributed by atoms with van der Waals surface area (Å²) in [4.78, 5) is 60.1. The van der Waals surface area contributed by atoms with E-state index in [-0.39, 0.29) is 29.6 Å². The van der Waals surface area contributed by atoms with Crippen LogP contribution in [0.3, 0.4) is 0 Å². The zero-order chi connectivity index (χ0) is 36.9. The molecule has 266 valence electrons. The number of rotatable bonds is 9. The van der Waals surface area contributed by atoms with Gasteiger partial charge in [-0.1, -0.05) is 18.2 Å². The molecule has 0 fully saturated rings. The first-order valence-corrected chi connectivity index (χ1v) is 18.3. The van der Waals surface area contributed by atoms with Crippen LogP contribution in [0.1, 0.15) is 43.1 Å². The normalized spacial score (nSPS) is 10.9. The monoisotopic (exact) mass is 764 g/mol. The molecule has 7 heterocycles. The highest BCUT2D eigenvalue weighted by Gasteiger charge is 2.20. The Morgan fingerprint density at radius 2 is 1.36 bits per heavy atom. The zero-order valence-corrected chi connectivity index (χ0v) is 30.4. The largest absolute Gasteiger partial charge is 0.443 e. The van der Waals surface area contributed by atoms with E-state index in [1.54, 1.807) is 25.2 Å². The van der Waals surface area contributed by atoms with Gasteiger partial charge in [-0.05, 0) is 37.4 Å². The van der Waals surface area contributed by atoms with Crippen LogP contribution in [0.2, 0.25) is 0 Å². The van der Waals surface area contributed by atoms with E-state index in [9.17, 15) is 9.59 Å². The third-order valence-corrected chi connectivity index (χ3v) is 10.3. The molecule has 1 aromatic carbocycles. The van der Waals surface area contributed by atoms with Crippen LogP contribution < -0.4 is 22.1 Å². The number of nitrogens with one attached hydrogen (secondary N) is 2. The Hall–Kier alpha value is -6.44. The fourth-order valence-electron chi connectivity index (χ4n) is 4.88. The maximum Gasteiger partial charge on any atom is 0.274 e. The van der Waals surface area contributed by atoms with Gasteiger partial charge in [0.2, 0.25) is 11.8 Å². The molecule has 8 rings (SSSR count). The lowest BCUT2D eigenvalue weighted by molar-refractivity contribution is 0.0938. The lowest BCUT2D eigenvalue weighted by atomic mass is 10.2. The number of aryl methyl sites for hydroxylation is 2. The first kappa shape index (κ1) is 35.0. The van der Waals surface area contributed by atoms with Gasteiger partial charge in [0.15, 0.2) is 23.0 Å². The quantitative estimate of drug-likeness (QED) is 0.138. The van der Waals surface area contributed by atoms with E-state index in [0.717, 1.165) is 30.8 Å². The molecule has 0 aliphatic carbocycles. The van der Waals surface area contributed by atoms with Gasteiger partial charge in [-0.2, -0.15) is 0 Å². The number of carbonyl (C=O) groups is 2. The predicted molar refractivity (Wildman–Crippen MR) is 201 cm³/mol. The van der Waals surface area contributed by atoms with Gasteiger partial charge in [0.05, 0.1) is 57.7 Å². The van der Waals surface area contributed by atoms with Gasteiger partial charge in [-0.25, -0.2) is 39.9 Å². The molecule has 19 heteroatoms. The molecule has 53 heavy (non-hydrogen) atoms. The molecule has 2 amide bonds. The highest BCUT2D eigenvalue weighted by Crippen LogP contribution is 2.28. The van der Waals surface area contributed by atoms with Crippen LogP contribution in [0, 0.1) is 13.8 Å². The molecule has 8 aromatic rings. The number of fused-ring (bicyclic) bond motifs is 1. The third-order valence-electron chi connectivity index (χ3n) is 7.35. The number of nitrogens with two attached hydrogens (primary N) is 2. The smallest absolute Gasteiger partial charge is 0.274 e. The lowest BCUT2D eigenvalue weighted by Gasteiger charge is -2.08. The number of nitrogens with zero attached hydrogens (tertiary/aromatic N) is 8. The molecule has 0 unspecified atom stereocenters. The number of thiophene rings is 1. The second-order valence-electron chi connectivity index (χ2n) is 11.0. The molecular formula is C34H28N12O4S3. The molecule has 0 radical (unpaired) electrons. The standard InChI is InChI=1S/C17H14N6O2S2.C17H14N6O2S/c1-9-12(16-19-4-5-25-16)23-14(18)13(21-9)15(24)20-7-10-8-27-17(22-10)11-3-2-6-26-11;1-9-13(17-19-6-7-25-17)23-15(18)14(21-9)16(24)20-8-12-22-10-4-2-3-5-11(10)26-12/h2-6,8H,7H2,1H3,(H2,18,23)(H,20,24);2-7H,8H2,1H3,(H2,18,23)(H,20,24). The Morgan fingerprint density at radius 1 is 0.736 bits per heavy atom. The van der Waals surface area contributed by atoms with Crippen LogP contribution in [0.25, 0.3) is 43.3 Å². The number of amides is 2. The molecule has 0 aliphatic heterocycles. The van der Waals surface area contributed by atoms with Crippen LogP contribution in [0.4, 0.5) is 11.6 Å². The summed E-state index contributed by atoms with van der Waals surface area (Å²) in [6, 6.07) is 11.8. The SMILES string of the molecule is Cc1nc(C(=O)NCc2csc(-c3cccs3)n2)c(N)nc1-c1ncco1.Cc1nc(C(=O)NCc2nc3ccccc3s2)c(N)nc1-c1ncco1.